The molecule has 0 heterocycles. The fourth-order valence-electron chi connectivity index (χ4n) is 1.43. The predicted octanol–water partition coefficient (Wildman–Crippen LogP) is 1.35. The van der Waals surface area contributed by atoms with Gasteiger partial charge in [0.05, 0.1) is 0 Å². The number of carbonyl (C=O) groups excluding carboxylic acids is 1. The van der Waals surface area contributed by atoms with E-state index in [1.165, 1.54) is 12.1 Å². The van der Waals surface area contributed by atoms with Crippen molar-refractivity contribution in [3.63, 3.8) is 0 Å². The summed E-state index contributed by atoms with van der Waals surface area (Å²) in [6.07, 6.45) is 0. The molecule has 0 bridgehead atoms. The van der Waals surface area contributed by atoms with E-state index >= 15 is 0 Å². The fraction of sp³-hybridized carbons (Fsp3) is 0. The highest BCUT2D eigenvalue weighted by molar-refractivity contribution is 5.98. The van der Waals surface area contributed by atoms with Gasteiger partial charge in [-0.2, -0.15) is 0 Å². The Labute approximate surface area is 85.6 Å². The number of primary amides is 1. The maximum Gasteiger partial charge on any atom is 0.248 e. The van der Waals surface area contributed by atoms with Crippen LogP contribution in [0.15, 0.2) is 30.3 Å². The van der Waals surface area contributed by atoms with Crippen molar-refractivity contribution in [2.75, 3.05) is 0 Å². The van der Waals surface area contributed by atoms with E-state index in [9.17, 15) is 15.0 Å². The van der Waals surface area contributed by atoms with Gasteiger partial charge in [-0.25, -0.2) is 0 Å². The molecule has 0 aliphatic rings. The summed E-state index contributed by atoms with van der Waals surface area (Å²) in [4.78, 5) is 10.9. The topological polar surface area (TPSA) is 83.6 Å². The van der Waals surface area contributed by atoms with Gasteiger partial charge in [0.25, 0.3) is 0 Å². The van der Waals surface area contributed by atoms with E-state index in [2.05, 4.69) is 0 Å². The number of benzene rings is 2. The highest BCUT2D eigenvalue weighted by atomic mass is 16.3. The minimum atomic E-state index is -0.524. The zero-order valence-electron chi connectivity index (χ0n) is 7.77. The van der Waals surface area contributed by atoms with Gasteiger partial charge < -0.3 is 15.9 Å². The molecule has 1 amide bonds. The SMILES string of the molecule is NC(=O)c1ccc2cc(O)c(O)cc2c1. The van der Waals surface area contributed by atoms with Crippen molar-refractivity contribution in [3.05, 3.63) is 35.9 Å². The van der Waals surface area contributed by atoms with Crippen LogP contribution in [0.4, 0.5) is 0 Å². The minimum Gasteiger partial charge on any atom is -0.504 e. The number of hydrogen-bond donors (Lipinski definition) is 3. The van der Waals surface area contributed by atoms with Gasteiger partial charge in [0.15, 0.2) is 11.5 Å². The smallest absolute Gasteiger partial charge is 0.248 e. The van der Waals surface area contributed by atoms with Crippen LogP contribution in [0, 0.1) is 0 Å². The van der Waals surface area contributed by atoms with Crippen LogP contribution in [-0.4, -0.2) is 16.1 Å². The molecule has 0 radical (unpaired) electrons. The summed E-state index contributed by atoms with van der Waals surface area (Å²) in [5, 5.41) is 19.9. The van der Waals surface area contributed by atoms with E-state index < -0.39 is 5.91 Å². The molecule has 0 aliphatic heterocycles. The molecule has 4 nitrogen and oxygen atoms in total. The third kappa shape index (κ3) is 1.57. The normalized spacial score (nSPS) is 10.4. The summed E-state index contributed by atoms with van der Waals surface area (Å²) < 4.78 is 0. The molecule has 2 aromatic rings. The number of aromatic hydroxyl groups is 2. The standard InChI is InChI=1S/C11H9NO3/c12-11(15)7-2-1-6-4-9(13)10(14)5-8(6)3-7/h1-5,13-14H,(H2,12,15). The highest BCUT2D eigenvalue weighted by Crippen LogP contribution is 2.30. The van der Waals surface area contributed by atoms with Crippen LogP contribution >= 0.6 is 0 Å². The Kier molecular flexibility index (Phi) is 1.97. The average Bonchev–Trinajstić information content (AvgIpc) is 2.19. The summed E-state index contributed by atoms with van der Waals surface area (Å²) in [6, 6.07) is 7.61. The summed E-state index contributed by atoms with van der Waals surface area (Å²) in [5.74, 6) is -0.928. The zero-order chi connectivity index (χ0) is 11.0. The molecular weight excluding hydrogens is 194 g/mol. The van der Waals surface area contributed by atoms with Crippen molar-refractivity contribution in [1.29, 1.82) is 0 Å². The number of nitrogens with two attached hydrogens (primary N) is 1. The Morgan fingerprint density at radius 2 is 1.60 bits per heavy atom. The van der Waals surface area contributed by atoms with Gasteiger partial charge in [-0.05, 0) is 35.0 Å². The molecule has 15 heavy (non-hydrogen) atoms. The zero-order valence-corrected chi connectivity index (χ0v) is 7.77. The molecule has 0 atom stereocenters. The highest BCUT2D eigenvalue weighted by Gasteiger charge is 2.05. The van der Waals surface area contributed by atoms with E-state index in [1.54, 1.807) is 18.2 Å². The van der Waals surface area contributed by atoms with Crippen LogP contribution in [0.5, 0.6) is 11.5 Å². The molecule has 2 rings (SSSR count). The van der Waals surface area contributed by atoms with Gasteiger partial charge in [0, 0.05) is 5.56 Å². The lowest BCUT2D eigenvalue weighted by molar-refractivity contribution is 0.100. The summed E-state index contributed by atoms with van der Waals surface area (Å²) >= 11 is 0. The lowest BCUT2D eigenvalue weighted by atomic mass is 10.1. The molecule has 0 saturated heterocycles. The molecule has 0 spiro atoms. The Hall–Kier alpha value is -2.23. The van der Waals surface area contributed by atoms with E-state index in [4.69, 9.17) is 5.73 Å². The molecule has 0 unspecified atom stereocenters. The maximum absolute atomic E-state index is 10.9. The van der Waals surface area contributed by atoms with Gasteiger partial charge in [0.2, 0.25) is 5.91 Å². The predicted molar refractivity (Wildman–Crippen MR) is 55.8 cm³/mol. The van der Waals surface area contributed by atoms with Gasteiger partial charge in [0.1, 0.15) is 0 Å². The first kappa shape index (κ1) is 9.33. The largest absolute Gasteiger partial charge is 0.504 e. The molecule has 0 saturated carbocycles. The van der Waals surface area contributed by atoms with Gasteiger partial charge in [-0.1, -0.05) is 6.07 Å². The second kappa shape index (κ2) is 3.16. The van der Waals surface area contributed by atoms with Crippen LogP contribution in [-0.2, 0) is 0 Å². The first-order valence-electron chi connectivity index (χ1n) is 4.33. The summed E-state index contributed by atoms with van der Waals surface area (Å²) in [6.45, 7) is 0. The van der Waals surface area contributed by atoms with E-state index in [1.807, 2.05) is 0 Å². The summed E-state index contributed by atoms with van der Waals surface area (Å²) in [7, 11) is 0. The van der Waals surface area contributed by atoms with E-state index in [0.29, 0.717) is 10.9 Å². The van der Waals surface area contributed by atoms with Crippen molar-refractivity contribution in [2.45, 2.75) is 0 Å². The van der Waals surface area contributed by atoms with Crippen LogP contribution in [0.3, 0.4) is 0 Å². The van der Waals surface area contributed by atoms with Crippen molar-refractivity contribution in [1.82, 2.24) is 0 Å². The van der Waals surface area contributed by atoms with Gasteiger partial charge in [-0.15, -0.1) is 0 Å². The minimum absolute atomic E-state index is 0.186. The average molecular weight is 203 g/mol. The lowest BCUT2D eigenvalue weighted by Gasteiger charge is -2.03. The van der Waals surface area contributed by atoms with Crippen LogP contribution < -0.4 is 5.73 Å². The Bertz CT molecular complexity index is 549. The van der Waals surface area contributed by atoms with Gasteiger partial charge in [-0.3, -0.25) is 4.79 Å². The number of carbonyl (C=O) groups is 1. The third-order valence-corrected chi connectivity index (χ3v) is 2.22. The fourth-order valence-corrected chi connectivity index (χ4v) is 1.43. The van der Waals surface area contributed by atoms with Crippen molar-refractivity contribution < 1.29 is 15.0 Å². The first-order chi connectivity index (χ1) is 7.08. The number of fused-ring (bicyclic) bond motifs is 1. The molecule has 0 aliphatic carbocycles. The Balaban J connectivity index is 2.72. The van der Waals surface area contributed by atoms with E-state index in [-0.39, 0.29) is 11.5 Å². The maximum atomic E-state index is 10.9. The van der Waals surface area contributed by atoms with Crippen molar-refractivity contribution >= 4 is 16.7 Å². The Morgan fingerprint density at radius 1 is 1.00 bits per heavy atom. The lowest BCUT2D eigenvalue weighted by Crippen LogP contribution is -2.10. The van der Waals surface area contributed by atoms with Crippen molar-refractivity contribution in [3.8, 4) is 11.5 Å². The number of hydrogen-bond acceptors (Lipinski definition) is 3. The molecule has 4 N–H and O–H groups in total. The molecular formula is C11H9NO3. The van der Waals surface area contributed by atoms with Crippen LogP contribution in [0.2, 0.25) is 0 Å². The van der Waals surface area contributed by atoms with Crippen molar-refractivity contribution in [2.24, 2.45) is 5.73 Å². The second-order valence-electron chi connectivity index (χ2n) is 3.27. The first-order valence-corrected chi connectivity index (χ1v) is 4.33. The number of rotatable bonds is 1. The van der Waals surface area contributed by atoms with Crippen LogP contribution in [0.1, 0.15) is 10.4 Å². The number of phenols is 2. The van der Waals surface area contributed by atoms with Crippen LogP contribution in [0.25, 0.3) is 10.8 Å². The molecule has 0 fully saturated rings. The van der Waals surface area contributed by atoms with Gasteiger partial charge >= 0.3 is 0 Å². The number of amides is 1. The molecule has 2 aromatic carbocycles. The molecule has 0 aromatic heterocycles. The summed E-state index contributed by atoms with van der Waals surface area (Å²) in [5.41, 5.74) is 5.49. The monoisotopic (exact) mass is 203 g/mol. The molecule has 76 valence electrons. The Morgan fingerprint density at radius 3 is 2.20 bits per heavy atom. The molecule has 4 heteroatoms. The van der Waals surface area contributed by atoms with E-state index in [0.717, 1.165) is 5.39 Å². The second-order valence-corrected chi connectivity index (χ2v) is 3.27. The number of phenolic OH excluding ortho intramolecular Hbond substituents is 2. The third-order valence-electron chi connectivity index (χ3n) is 2.22. The quantitative estimate of drug-likeness (QED) is 0.611.